The van der Waals surface area contributed by atoms with Crippen LogP contribution >= 0.6 is 0 Å². The lowest BCUT2D eigenvalue weighted by Crippen LogP contribution is -2.29. The molecule has 0 spiro atoms. The SMILES string of the molecule is CC(O)CCCNC(=O)c1ccc(=O)n(C)n1. The van der Waals surface area contributed by atoms with Crippen LogP contribution in [-0.4, -0.2) is 33.4 Å². The van der Waals surface area contributed by atoms with Gasteiger partial charge in [0.25, 0.3) is 11.5 Å². The molecule has 1 unspecified atom stereocenters. The summed E-state index contributed by atoms with van der Waals surface area (Å²) < 4.78 is 1.12. The standard InChI is InChI=1S/C11H17N3O3/c1-8(15)4-3-7-12-11(17)9-5-6-10(16)14(2)13-9/h5-6,8,15H,3-4,7H2,1-2H3,(H,12,17). The zero-order chi connectivity index (χ0) is 12.8. The van der Waals surface area contributed by atoms with Gasteiger partial charge in [-0.05, 0) is 25.8 Å². The van der Waals surface area contributed by atoms with Crippen molar-refractivity contribution in [3.05, 3.63) is 28.2 Å². The maximum Gasteiger partial charge on any atom is 0.271 e. The van der Waals surface area contributed by atoms with Gasteiger partial charge in [-0.2, -0.15) is 5.10 Å². The van der Waals surface area contributed by atoms with Crippen molar-refractivity contribution in [2.24, 2.45) is 7.05 Å². The van der Waals surface area contributed by atoms with Crippen molar-refractivity contribution >= 4 is 5.91 Å². The molecule has 0 saturated carbocycles. The summed E-state index contributed by atoms with van der Waals surface area (Å²) in [5.41, 5.74) is -0.0418. The van der Waals surface area contributed by atoms with Crippen LogP contribution in [0.2, 0.25) is 0 Å². The zero-order valence-corrected chi connectivity index (χ0v) is 10.0. The zero-order valence-electron chi connectivity index (χ0n) is 10.0. The van der Waals surface area contributed by atoms with Gasteiger partial charge in [-0.25, -0.2) is 4.68 Å². The van der Waals surface area contributed by atoms with Gasteiger partial charge in [-0.15, -0.1) is 0 Å². The average Bonchev–Trinajstić information content (AvgIpc) is 2.27. The highest BCUT2D eigenvalue weighted by molar-refractivity contribution is 5.91. The summed E-state index contributed by atoms with van der Waals surface area (Å²) in [7, 11) is 1.49. The van der Waals surface area contributed by atoms with E-state index < -0.39 is 0 Å². The van der Waals surface area contributed by atoms with Crippen molar-refractivity contribution in [1.29, 1.82) is 0 Å². The monoisotopic (exact) mass is 239 g/mol. The largest absolute Gasteiger partial charge is 0.393 e. The first kappa shape index (κ1) is 13.4. The van der Waals surface area contributed by atoms with E-state index in [4.69, 9.17) is 5.11 Å². The molecule has 1 aromatic rings. The van der Waals surface area contributed by atoms with E-state index in [0.717, 1.165) is 4.68 Å². The number of hydrogen-bond donors (Lipinski definition) is 2. The minimum Gasteiger partial charge on any atom is -0.393 e. The Balaban J connectivity index is 2.47. The normalized spacial score (nSPS) is 12.2. The lowest BCUT2D eigenvalue weighted by atomic mass is 10.2. The molecule has 1 heterocycles. The van der Waals surface area contributed by atoms with Crippen LogP contribution in [0.4, 0.5) is 0 Å². The molecule has 0 aromatic carbocycles. The average molecular weight is 239 g/mol. The van der Waals surface area contributed by atoms with Gasteiger partial charge >= 0.3 is 0 Å². The summed E-state index contributed by atoms with van der Waals surface area (Å²) in [5.74, 6) is -0.314. The Morgan fingerprint density at radius 2 is 2.29 bits per heavy atom. The lowest BCUT2D eigenvalue weighted by molar-refractivity contribution is 0.0942. The van der Waals surface area contributed by atoms with Crippen LogP contribution in [0.5, 0.6) is 0 Å². The van der Waals surface area contributed by atoms with Gasteiger partial charge in [0.15, 0.2) is 0 Å². The number of amides is 1. The van der Waals surface area contributed by atoms with Crippen LogP contribution in [0.3, 0.4) is 0 Å². The Labute approximate surface area is 99.3 Å². The Bertz CT molecular complexity index is 440. The second kappa shape index (κ2) is 6.15. The summed E-state index contributed by atoms with van der Waals surface area (Å²) in [6, 6.07) is 2.70. The number of aromatic nitrogens is 2. The minimum atomic E-state index is -0.359. The van der Waals surface area contributed by atoms with E-state index in [2.05, 4.69) is 10.4 Å². The fourth-order valence-corrected chi connectivity index (χ4v) is 1.31. The third kappa shape index (κ3) is 4.36. The quantitative estimate of drug-likeness (QED) is 0.689. The maximum atomic E-state index is 11.6. The predicted octanol–water partition coefficient (Wildman–Crippen LogP) is -0.329. The van der Waals surface area contributed by atoms with Crippen molar-refractivity contribution in [3.63, 3.8) is 0 Å². The number of aryl methyl sites for hydroxylation is 1. The molecule has 6 heteroatoms. The number of hydrogen-bond acceptors (Lipinski definition) is 4. The number of nitrogens with zero attached hydrogens (tertiary/aromatic N) is 2. The summed E-state index contributed by atoms with van der Waals surface area (Å²) in [6.45, 7) is 2.19. The van der Waals surface area contributed by atoms with Crippen molar-refractivity contribution in [2.45, 2.75) is 25.9 Å². The van der Waals surface area contributed by atoms with Crippen LogP contribution in [0.25, 0.3) is 0 Å². The van der Waals surface area contributed by atoms with Crippen LogP contribution in [0.1, 0.15) is 30.3 Å². The molecule has 17 heavy (non-hydrogen) atoms. The summed E-state index contributed by atoms with van der Waals surface area (Å²) in [4.78, 5) is 22.7. The molecule has 6 nitrogen and oxygen atoms in total. The predicted molar refractivity (Wildman–Crippen MR) is 62.7 cm³/mol. The first-order valence-corrected chi connectivity index (χ1v) is 5.51. The van der Waals surface area contributed by atoms with Gasteiger partial charge in [0, 0.05) is 19.7 Å². The lowest BCUT2D eigenvalue weighted by Gasteiger charge is -2.06. The van der Waals surface area contributed by atoms with Crippen molar-refractivity contribution in [3.8, 4) is 0 Å². The molecule has 94 valence electrons. The van der Waals surface area contributed by atoms with E-state index in [1.807, 2.05) is 0 Å². The molecule has 0 saturated heterocycles. The highest BCUT2D eigenvalue weighted by Crippen LogP contribution is 1.95. The van der Waals surface area contributed by atoms with E-state index >= 15 is 0 Å². The molecule has 0 aliphatic heterocycles. The summed E-state index contributed by atoms with van der Waals surface area (Å²) in [6.07, 6.45) is 0.985. The molecule has 1 rings (SSSR count). The first-order valence-electron chi connectivity index (χ1n) is 5.51. The third-order valence-corrected chi connectivity index (χ3v) is 2.28. The van der Waals surface area contributed by atoms with Crippen molar-refractivity contribution in [1.82, 2.24) is 15.1 Å². The fraction of sp³-hybridized carbons (Fsp3) is 0.545. The highest BCUT2D eigenvalue weighted by Gasteiger charge is 2.07. The molecule has 0 radical (unpaired) electrons. The minimum absolute atomic E-state index is 0.212. The Hall–Kier alpha value is -1.69. The van der Waals surface area contributed by atoms with E-state index in [-0.39, 0.29) is 23.3 Å². The van der Waals surface area contributed by atoms with Crippen LogP contribution in [-0.2, 0) is 7.05 Å². The fourth-order valence-electron chi connectivity index (χ4n) is 1.31. The number of carbonyl (C=O) groups excluding carboxylic acids is 1. The van der Waals surface area contributed by atoms with Gasteiger partial charge in [0.2, 0.25) is 0 Å². The number of carbonyl (C=O) groups is 1. The molecule has 1 aromatic heterocycles. The van der Waals surface area contributed by atoms with Gasteiger partial charge < -0.3 is 10.4 Å². The van der Waals surface area contributed by atoms with Crippen molar-refractivity contribution < 1.29 is 9.90 Å². The van der Waals surface area contributed by atoms with Gasteiger partial charge in [0.05, 0.1) is 6.10 Å². The van der Waals surface area contributed by atoms with Gasteiger partial charge in [-0.3, -0.25) is 9.59 Å². The molecule has 1 amide bonds. The second-order valence-electron chi connectivity index (χ2n) is 3.93. The molecule has 0 fully saturated rings. The van der Waals surface area contributed by atoms with E-state index in [1.54, 1.807) is 6.92 Å². The highest BCUT2D eigenvalue weighted by atomic mass is 16.3. The van der Waals surface area contributed by atoms with Crippen LogP contribution in [0, 0.1) is 0 Å². The van der Waals surface area contributed by atoms with E-state index in [1.165, 1.54) is 19.2 Å². The van der Waals surface area contributed by atoms with Gasteiger partial charge in [-0.1, -0.05) is 0 Å². The molecule has 1 atom stereocenters. The maximum absolute atomic E-state index is 11.6. The molecular weight excluding hydrogens is 222 g/mol. The smallest absolute Gasteiger partial charge is 0.271 e. The number of aliphatic hydroxyl groups excluding tert-OH is 1. The number of aliphatic hydroxyl groups is 1. The second-order valence-corrected chi connectivity index (χ2v) is 3.93. The summed E-state index contributed by atoms with van der Waals surface area (Å²) >= 11 is 0. The third-order valence-electron chi connectivity index (χ3n) is 2.28. The molecule has 0 bridgehead atoms. The van der Waals surface area contributed by atoms with Gasteiger partial charge in [0.1, 0.15) is 5.69 Å². The molecule has 0 aliphatic rings. The first-order chi connectivity index (χ1) is 8.00. The Morgan fingerprint density at radius 3 is 2.88 bits per heavy atom. The Kier molecular flexibility index (Phi) is 4.84. The van der Waals surface area contributed by atoms with Crippen molar-refractivity contribution in [2.75, 3.05) is 6.54 Å². The number of nitrogens with one attached hydrogen (secondary N) is 1. The topological polar surface area (TPSA) is 84.2 Å². The Morgan fingerprint density at radius 1 is 1.59 bits per heavy atom. The summed E-state index contributed by atoms with van der Waals surface area (Å²) in [5, 5.41) is 15.5. The number of rotatable bonds is 5. The molecule has 0 aliphatic carbocycles. The molecular formula is C11H17N3O3. The molecule has 2 N–H and O–H groups in total. The van der Waals surface area contributed by atoms with Crippen LogP contribution in [0.15, 0.2) is 16.9 Å². The van der Waals surface area contributed by atoms with E-state index in [0.29, 0.717) is 19.4 Å². The van der Waals surface area contributed by atoms with Crippen LogP contribution < -0.4 is 10.9 Å². The van der Waals surface area contributed by atoms with E-state index in [9.17, 15) is 9.59 Å².